The number of halogens is 1. The Morgan fingerprint density at radius 1 is 1.23 bits per heavy atom. The Morgan fingerprint density at radius 2 is 2.04 bits per heavy atom. The summed E-state index contributed by atoms with van der Waals surface area (Å²) < 4.78 is 13.3. The SMILES string of the molecule is C/C=C\C=C(/CC)c1cc(C)c2cc(C3=CC=C(F)CC3)cc(O)c2n1. The summed E-state index contributed by atoms with van der Waals surface area (Å²) in [6.45, 7) is 6.12. The monoisotopic (exact) mass is 349 g/mol. The fraction of sp³-hybridized carbons (Fsp3) is 0.261. The molecular weight excluding hydrogens is 325 g/mol. The lowest BCUT2D eigenvalue weighted by Gasteiger charge is -2.14. The normalized spacial score (nSPS) is 15.5. The first-order chi connectivity index (χ1) is 12.5. The van der Waals surface area contributed by atoms with Crippen LogP contribution in [0.25, 0.3) is 22.0 Å². The van der Waals surface area contributed by atoms with Crippen LogP contribution in [0.4, 0.5) is 4.39 Å². The van der Waals surface area contributed by atoms with E-state index >= 15 is 0 Å². The van der Waals surface area contributed by atoms with E-state index in [1.165, 1.54) is 6.08 Å². The van der Waals surface area contributed by atoms with E-state index in [1.807, 2.05) is 32.1 Å². The number of aromatic nitrogens is 1. The van der Waals surface area contributed by atoms with Gasteiger partial charge in [-0.3, -0.25) is 0 Å². The zero-order chi connectivity index (χ0) is 18.7. The molecule has 2 nitrogen and oxygen atoms in total. The van der Waals surface area contributed by atoms with Gasteiger partial charge in [0, 0.05) is 11.8 Å². The third-order valence-electron chi connectivity index (χ3n) is 4.77. The lowest BCUT2D eigenvalue weighted by atomic mass is 9.94. The molecule has 1 aliphatic carbocycles. The quantitative estimate of drug-likeness (QED) is 0.627. The fourth-order valence-electron chi connectivity index (χ4n) is 3.27. The van der Waals surface area contributed by atoms with Crippen LogP contribution in [0.3, 0.4) is 0 Å². The molecule has 0 saturated heterocycles. The molecule has 1 heterocycles. The molecule has 0 atom stereocenters. The number of rotatable bonds is 4. The second-order valence-corrected chi connectivity index (χ2v) is 6.59. The number of phenols is 1. The number of benzene rings is 1. The van der Waals surface area contributed by atoms with E-state index in [0.29, 0.717) is 18.4 Å². The molecule has 0 unspecified atom stereocenters. The maximum atomic E-state index is 13.3. The Balaban J connectivity index is 2.13. The van der Waals surface area contributed by atoms with Crippen molar-refractivity contribution in [1.29, 1.82) is 0 Å². The largest absolute Gasteiger partial charge is 0.506 e. The number of aromatic hydroxyl groups is 1. The summed E-state index contributed by atoms with van der Waals surface area (Å²) in [5.41, 5.74) is 5.67. The molecule has 1 aromatic heterocycles. The number of allylic oxidation sites excluding steroid dienone is 8. The van der Waals surface area contributed by atoms with E-state index in [0.717, 1.165) is 39.8 Å². The minimum atomic E-state index is -0.0961. The highest BCUT2D eigenvalue weighted by molar-refractivity contribution is 5.92. The molecule has 26 heavy (non-hydrogen) atoms. The van der Waals surface area contributed by atoms with Gasteiger partial charge in [0.15, 0.2) is 0 Å². The van der Waals surface area contributed by atoms with Crippen LogP contribution in [-0.2, 0) is 0 Å². The van der Waals surface area contributed by atoms with E-state index in [9.17, 15) is 9.50 Å². The summed E-state index contributed by atoms with van der Waals surface area (Å²) >= 11 is 0. The zero-order valence-corrected chi connectivity index (χ0v) is 15.5. The lowest BCUT2D eigenvalue weighted by Crippen LogP contribution is -1.96. The van der Waals surface area contributed by atoms with Crippen molar-refractivity contribution in [3.63, 3.8) is 0 Å². The fourth-order valence-corrected chi connectivity index (χ4v) is 3.27. The third-order valence-corrected chi connectivity index (χ3v) is 4.77. The van der Waals surface area contributed by atoms with Gasteiger partial charge in [-0.1, -0.05) is 31.2 Å². The maximum Gasteiger partial charge on any atom is 0.142 e. The minimum absolute atomic E-state index is 0.0961. The molecule has 3 heteroatoms. The van der Waals surface area contributed by atoms with Gasteiger partial charge in [0.1, 0.15) is 17.1 Å². The second-order valence-electron chi connectivity index (χ2n) is 6.59. The predicted molar refractivity (Wildman–Crippen MR) is 108 cm³/mol. The molecule has 0 amide bonds. The van der Waals surface area contributed by atoms with Crippen LogP contribution >= 0.6 is 0 Å². The van der Waals surface area contributed by atoms with Gasteiger partial charge in [0.05, 0.1) is 5.69 Å². The van der Waals surface area contributed by atoms with Gasteiger partial charge < -0.3 is 5.11 Å². The molecule has 0 fully saturated rings. The Bertz CT molecular complexity index is 911. The first-order valence-electron chi connectivity index (χ1n) is 9.05. The second kappa shape index (κ2) is 7.69. The molecule has 2 aromatic rings. The number of pyridine rings is 1. The highest BCUT2D eigenvalue weighted by atomic mass is 19.1. The van der Waals surface area contributed by atoms with E-state index in [2.05, 4.69) is 19.1 Å². The molecule has 3 rings (SSSR count). The van der Waals surface area contributed by atoms with Crippen LogP contribution < -0.4 is 0 Å². The van der Waals surface area contributed by atoms with Gasteiger partial charge in [0.2, 0.25) is 0 Å². The molecule has 0 bridgehead atoms. The number of nitrogens with zero attached hydrogens (tertiary/aromatic N) is 1. The van der Waals surface area contributed by atoms with Gasteiger partial charge in [-0.05, 0) is 73.2 Å². The van der Waals surface area contributed by atoms with Gasteiger partial charge in [-0.15, -0.1) is 0 Å². The van der Waals surface area contributed by atoms with Gasteiger partial charge in [0.25, 0.3) is 0 Å². The summed E-state index contributed by atoms with van der Waals surface area (Å²) in [5, 5.41) is 11.5. The molecule has 134 valence electrons. The Morgan fingerprint density at radius 3 is 2.69 bits per heavy atom. The lowest BCUT2D eigenvalue weighted by molar-refractivity contribution is 0.480. The molecule has 1 N–H and O–H groups in total. The van der Waals surface area contributed by atoms with Crippen LogP contribution in [0.2, 0.25) is 0 Å². The Labute approximate surface area is 154 Å². The third kappa shape index (κ3) is 3.62. The first-order valence-corrected chi connectivity index (χ1v) is 9.05. The van der Waals surface area contributed by atoms with Crippen molar-refractivity contribution in [1.82, 2.24) is 4.98 Å². The highest BCUT2D eigenvalue weighted by Crippen LogP contribution is 2.35. The predicted octanol–water partition coefficient (Wildman–Crippen LogP) is 6.65. The van der Waals surface area contributed by atoms with Crippen LogP contribution in [0.5, 0.6) is 5.75 Å². The van der Waals surface area contributed by atoms with Gasteiger partial charge in [-0.25, -0.2) is 9.37 Å². The molecular formula is C23H24FNO. The van der Waals surface area contributed by atoms with E-state index in [1.54, 1.807) is 12.1 Å². The Kier molecular flexibility index (Phi) is 5.36. The average Bonchev–Trinajstić information content (AvgIpc) is 2.63. The summed E-state index contributed by atoms with van der Waals surface area (Å²) in [7, 11) is 0. The summed E-state index contributed by atoms with van der Waals surface area (Å²) in [6, 6.07) is 5.85. The van der Waals surface area contributed by atoms with Crippen molar-refractivity contribution < 1.29 is 9.50 Å². The van der Waals surface area contributed by atoms with Crippen LogP contribution in [0.1, 0.15) is 49.9 Å². The summed E-state index contributed by atoms with van der Waals surface area (Å²) in [5.74, 6) is 0.0705. The van der Waals surface area contributed by atoms with Crippen molar-refractivity contribution in [3.05, 3.63) is 71.2 Å². The highest BCUT2D eigenvalue weighted by Gasteiger charge is 2.14. The van der Waals surface area contributed by atoms with Crippen molar-refractivity contribution >= 4 is 22.0 Å². The van der Waals surface area contributed by atoms with Crippen LogP contribution in [-0.4, -0.2) is 10.1 Å². The van der Waals surface area contributed by atoms with Crippen molar-refractivity contribution in [3.8, 4) is 5.75 Å². The van der Waals surface area contributed by atoms with Crippen molar-refractivity contribution in [2.45, 2.75) is 40.0 Å². The van der Waals surface area contributed by atoms with Crippen molar-refractivity contribution in [2.75, 3.05) is 0 Å². The van der Waals surface area contributed by atoms with Gasteiger partial charge >= 0.3 is 0 Å². The molecule has 1 aliphatic rings. The smallest absolute Gasteiger partial charge is 0.142 e. The van der Waals surface area contributed by atoms with E-state index in [4.69, 9.17) is 4.98 Å². The number of phenolic OH excluding ortho intramolecular Hbond substituents is 1. The maximum absolute atomic E-state index is 13.3. The number of aryl methyl sites for hydroxylation is 1. The topological polar surface area (TPSA) is 33.1 Å². The van der Waals surface area contributed by atoms with Gasteiger partial charge in [-0.2, -0.15) is 0 Å². The molecule has 0 saturated carbocycles. The molecule has 0 radical (unpaired) electrons. The zero-order valence-electron chi connectivity index (χ0n) is 15.5. The molecule has 0 aliphatic heterocycles. The summed E-state index contributed by atoms with van der Waals surface area (Å²) in [4.78, 5) is 4.71. The van der Waals surface area contributed by atoms with E-state index in [-0.39, 0.29) is 11.6 Å². The number of fused-ring (bicyclic) bond motifs is 1. The molecule has 1 aromatic carbocycles. The van der Waals surface area contributed by atoms with Crippen LogP contribution in [0.15, 0.2) is 54.4 Å². The van der Waals surface area contributed by atoms with Crippen LogP contribution in [0, 0.1) is 6.92 Å². The summed E-state index contributed by atoms with van der Waals surface area (Å²) in [6.07, 6.45) is 11.3. The molecule has 0 spiro atoms. The van der Waals surface area contributed by atoms with Crippen molar-refractivity contribution in [2.24, 2.45) is 0 Å². The number of hydrogen-bond acceptors (Lipinski definition) is 2. The number of hydrogen-bond donors (Lipinski definition) is 1. The van der Waals surface area contributed by atoms with E-state index < -0.39 is 0 Å². The Hall–Kier alpha value is -2.68. The standard InChI is InChI=1S/C23H24FNO/c1-4-6-7-16(5-2)21-12-15(3)20-13-18(14-22(26)23(20)25-21)17-8-10-19(24)11-9-17/h4,6-8,10,12-14,26H,5,9,11H2,1-3H3/b6-4-,16-7+. The minimum Gasteiger partial charge on any atom is -0.506 e. The first kappa shape index (κ1) is 18.1. The average molecular weight is 349 g/mol.